The molecule has 0 radical (unpaired) electrons. The van der Waals surface area contributed by atoms with Crippen molar-refractivity contribution in [2.75, 3.05) is 11.4 Å². The van der Waals surface area contributed by atoms with Crippen molar-refractivity contribution in [2.45, 2.75) is 27.3 Å². The molecule has 1 heterocycles. The standard InChI is InChI=1S/C21H26N4O/c1-14(2)12-25(23)21-18-10-6-7-11-19(18)24(15(3)26)13-16-8-4-5-9-17(16)20(21)22/h4-11,14H,12-13,22-23H2,1-3H3/b21-20-. The molecule has 2 aromatic rings. The number of benzene rings is 2. The number of rotatable bonds is 3. The lowest BCUT2D eigenvalue weighted by Gasteiger charge is -2.33. The predicted octanol–water partition coefficient (Wildman–Crippen LogP) is 3.17. The number of hydrazine groups is 1. The van der Waals surface area contributed by atoms with Crippen molar-refractivity contribution in [3.8, 4) is 0 Å². The highest BCUT2D eigenvalue weighted by molar-refractivity contribution is 6.00. The molecule has 0 unspecified atom stereocenters. The highest BCUT2D eigenvalue weighted by Crippen LogP contribution is 2.36. The summed E-state index contributed by atoms with van der Waals surface area (Å²) >= 11 is 0. The molecule has 0 bridgehead atoms. The first-order valence-electron chi connectivity index (χ1n) is 8.88. The Bertz CT molecular complexity index is 857. The van der Waals surface area contributed by atoms with E-state index in [9.17, 15) is 4.79 Å². The lowest BCUT2D eigenvalue weighted by atomic mass is 9.95. The van der Waals surface area contributed by atoms with Crippen LogP contribution in [0.1, 0.15) is 37.5 Å². The number of amides is 1. The van der Waals surface area contributed by atoms with E-state index in [-0.39, 0.29) is 5.91 Å². The van der Waals surface area contributed by atoms with Crippen LogP contribution in [0.2, 0.25) is 0 Å². The van der Waals surface area contributed by atoms with E-state index in [1.807, 2.05) is 48.5 Å². The van der Waals surface area contributed by atoms with E-state index in [4.69, 9.17) is 11.6 Å². The number of hydrogen-bond acceptors (Lipinski definition) is 4. The molecule has 5 nitrogen and oxygen atoms in total. The van der Waals surface area contributed by atoms with Gasteiger partial charge in [-0.25, -0.2) is 5.84 Å². The first-order valence-corrected chi connectivity index (χ1v) is 8.88. The van der Waals surface area contributed by atoms with Crippen molar-refractivity contribution >= 4 is 23.0 Å². The van der Waals surface area contributed by atoms with E-state index in [0.29, 0.717) is 24.7 Å². The van der Waals surface area contributed by atoms with Crippen LogP contribution in [0.4, 0.5) is 5.69 Å². The number of nitrogens with zero attached hydrogens (tertiary/aromatic N) is 2. The number of para-hydroxylation sites is 1. The molecule has 2 aromatic carbocycles. The Morgan fingerprint density at radius 3 is 2.38 bits per heavy atom. The normalized spacial score (nSPS) is 16.6. The van der Waals surface area contributed by atoms with E-state index in [2.05, 4.69) is 13.8 Å². The highest BCUT2D eigenvalue weighted by Gasteiger charge is 2.26. The van der Waals surface area contributed by atoms with Gasteiger partial charge in [-0.1, -0.05) is 56.3 Å². The first kappa shape index (κ1) is 18.0. The van der Waals surface area contributed by atoms with E-state index >= 15 is 0 Å². The molecule has 1 aliphatic rings. The van der Waals surface area contributed by atoms with Crippen LogP contribution in [0.15, 0.2) is 48.5 Å². The molecule has 1 amide bonds. The largest absolute Gasteiger partial charge is 0.396 e. The second kappa shape index (κ2) is 7.22. The molecule has 0 aromatic heterocycles. The average Bonchev–Trinajstić information content (AvgIpc) is 2.58. The Kier molecular flexibility index (Phi) is 5.00. The molecular weight excluding hydrogens is 324 g/mol. The van der Waals surface area contributed by atoms with Crippen molar-refractivity contribution in [1.29, 1.82) is 0 Å². The quantitative estimate of drug-likeness (QED) is 0.658. The maximum atomic E-state index is 12.4. The second-order valence-electron chi connectivity index (χ2n) is 7.09. The van der Waals surface area contributed by atoms with Gasteiger partial charge in [-0.3, -0.25) is 4.79 Å². The van der Waals surface area contributed by atoms with Crippen LogP contribution in [-0.4, -0.2) is 17.5 Å². The summed E-state index contributed by atoms with van der Waals surface area (Å²) in [6.07, 6.45) is 0. The van der Waals surface area contributed by atoms with Gasteiger partial charge in [0.1, 0.15) is 0 Å². The van der Waals surface area contributed by atoms with E-state index in [1.165, 1.54) is 0 Å². The summed E-state index contributed by atoms with van der Waals surface area (Å²) in [5, 5.41) is 1.71. The van der Waals surface area contributed by atoms with Gasteiger partial charge in [0.15, 0.2) is 0 Å². The maximum absolute atomic E-state index is 12.4. The monoisotopic (exact) mass is 350 g/mol. The molecule has 0 saturated carbocycles. The van der Waals surface area contributed by atoms with Crippen LogP contribution in [-0.2, 0) is 11.3 Å². The van der Waals surface area contributed by atoms with Crippen molar-refractivity contribution in [3.05, 3.63) is 65.2 Å². The van der Waals surface area contributed by atoms with Gasteiger partial charge in [0, 0.05) is 24.6 Å². The molecule has 0 aliphatic carbocycles. The molecule has 3 rings (SSSR count). The summed E-state index contributed by atoms with van der Waals surface area (Å²) in [5.41, 5.74) is 11.6. The Balaban J connectivity index is 2.31. The van der Waals surface area contributed by atoms with E-state index in [1.54, 1.807) is 16.8 Å². The Hall–Kier alpha value is -2.79. The predicted molar refractivity (Wildman–Crippen MR) is 106 cm³/mol. The van der Waals surface area contributed by atoms with Crippen LogP contribution >= 0.6 is 0 Å². The Morgan fingerprint density at radius 1 is 1.12 bits per heavy atom. The lowest BCUT2D eigenvalue weighted by Crippen LogP contribution is -2.37. The van der Waals surface area contributed by atoms with Gasteiger partial charge in [0.2, 0.25) is 5.91 Å². The van der Waals surface area contributed by atoms with Gasteiger partial charge in [0.25, 0.3) is 0 Å². The maximum Gasteiger partial charge on any atom is 0.224 e. The third-order valence-corrected chi connectivity index (χ3v) is 4.57. The molecule has 1 aliphatic heterocycles. The molecule has 5 heteroatoms. The zero-order valence-electron chi connectivity index (χ0n) is 15.6. The van der Waals surface area contributed by atoms with Crippen molar-refractivity contribution < 1.29 is 4.79 Å². The number of carbonyl (C=O) groups is 1. The Morgan fingerprint density at radius 2 is 1.73 bits per heavy atom. The highest BCUT2D eigenvalue weighted by atomic mass is 16.2. The Labute approximate surface area is 154 Å². The molecular formula is C21H26N4O. The van der Waals surface area contributed by atoms with Gasteiger partial charge in [-0.15, -0.1) is 0 Å². The fourth-order valence-electron chi connectivity index (χ4n) is 3.43. The molecule has 4 N–H and O–H groups in total. The fourth-order valence-corrected chi connectivity index (χ4v) is 3.43. The van der Waals surface area contributed by atoms with Gasteiger partial charge in [0.05, 0.1) is 23.6 Å². The minimum Gasteiger partial charge on any atom is -0.396 e. The lowest BCUT2D eigenvalue weighted by molar-refractivity contribution is -0.116. The molecule has 0 fully saturated rings. The van der Waals surface area contributed by atoms with Crippen molar-refractivity contribution in [3.63, 3.8) is 0 Å². The number of nitrogens with two attached hydrogens (primary N) is 2. The third-order valence-electron chi connectivity index (χ3n) is 4.57. The number of carbonyl (C=O) groups excluding carboxylic acids is 1. The summed E-state index contributed by atoms with van der Waals surface area (Å²) in [7, 11) is 0. The first-order chi connectivity index (χ1) is 12.4. The topological polar surface area (TPSA) is 75.6 Å². The summed E-state index contributed by atoms with van der Waals surface area (Å²) < 4.78 is 0. The third kappa shape index (κ3) is 3.30. The molecule has 136 valence electrons. The molecule has 26 heavy (non-hydrogen) atoms. The van der Waals surface area contributed by atoms with Crippen molar-refractivity contribution in [1.82, 2.24) is 5.01 Å². The van der Waals surface area contributed by atoms with Crippen LogP contribution in [0.3, 0.4) is 0 Å². The summed E-state index contributed by atoms with van der Waals surface area (Å²) in [6.45, 7) is 6.95. The molecule has 0 atom stereocenters. The average molecular weight is 350 g/mol. The smallest absolute Gasteiger partial charge is 0.224 e. The number of anilines is 1. The van der Waals surface area contributed by atoms with Crippen LogP contribution in [0.25, 0.3) is 11.4 Å². The summed E-state index contributed by atoms with van der Waals surface area (Å²) in [5.74, 6) is 6.80. The van der Waals surface area contributed by atoms with Gasteiger partial charge >= 0.3 is 0 Å². The minimum atomic E-state index is -0.0143. The van der Waals surface area contributed by atoms with Crippen molar-refractivity contribution in [2.24, 2.45) is 17.5 Å². The fraction of sp³-hybridized carbons (Fsp3) is 0.286. The second-order valence-corrected chi connectivity index (χ2v) is 7.09. The molecule has 0 saturated heterocycles. The van der Waals surface area contributed by atoms with Crippen LogP contribution in [0.5, 0.6) is 0 Å². The van der Waals surface area contributed by atoms with Gasteiger partial charge in [-0.05, 0) is 17.5 Å². The minimum absolute atomic E-state index is 0.0143. The van der Waals surface area contributed by atoms with E-state index < -0.39 is 0 Å². The SMILES string of the molecule is CC(=O)N1Cc2ccccc2/C(N)=C(/N(N)CC(C)C)c2ccccc21. The zero-order valence-corrected chi connectivity index (χ0v) is 15.6. The summed E-state index contributed by atoms with van der Waals surface area (Å²) in [6, 6.07) is 15.7. The van der Waals surface area contributed by atoms with Gasteiger partial charge in [-0.2, -0.15) is 0 Å². The molecule has 0 spiro atoms. The van der Waals surface area contributed by atoms with Gasteiger partial charge < -0.3 is 15.6 Å². The van der Waals surface area contributed by atoms with Crippen LogP contribution < -0.4 is 16.5 Å². The number of hydrogen-bond donors (Lipinski definition) is 2. The zero-order chi connectivity index (χ0) is 18.8. The van der Waals surface area contributed by atoms with E-state index in [0.717, 1.165) is 28.1 Å². The number of fused-ring (bicyclic) bond motifs is 2. The summed E-state index contributed by atoms with van der Waals surface area (Å²) in [4.78, 5) is 14.2. The van der Waals surface area contributed by atoms with Crippen LogP contribution in [0, 0.1) is 5.92 Å².